The van der Waals surface area contributed by atoms with Crippen LogP contribution >= 0.6 is 0 Å². The number of nitrogens with two attached hydrogens (primary N) is 1. The number of ether oxygens (including phenoxy) is 1. The fraction of sp³-hybridized carbons (Fsp3) is 0.429. The summed E-state index contributed by atoms with van der Waals surface area (Å²) in [4.78, 5) is 23.8. The van der Waals surface area contributed by atoms with E-state index in [9.17, 15) is 14.7 Å². The molecule has 0 spiro atoms. The first kappa shape index (κ1) is 14.3. The van der Waals surface area contributed by atoms with E-state index >= 15 is 0 Å². The minimum atomic E-state index is -1.27. The van der Waals surface area contributed by atoms with Crippen molar-refractivity contribution in [3.63, 3.8) is 0 Å². The zero-order valence-electron chi connectivity index (χ0n) is 11.3. The standard InChI is InChI=1S/C14H18N2O4/c1-9-2-3-11(15)10(8-9)12(17)16-14(13(18)19)4-6-20-7-5-14/h2-3,8H,4-7,15H2,1H3,(H,16,17)(H,18,19). The molecule has 4 N–H and O–H groups in total. The number of carbonyl (C=O) groups is 2. The highest BCUT2D eigenvalue weighted by Crippen LogP contribution is 2.23. The smallest absolute Gasteiger partial charge is 0.329 e. The molecule has 108 valence electrons. The van der Waals surface area contributed by atoms with Crippen LogP contribution in [-0.4, -0.2) is 35.7 Å². The second-order valence-corrected chi connectivity index (χ2v) is 5.04. The molecule has 1 aromatic carbocycles. The average Bonchev–Trinajstić information content (AvgIpc) is 2.42. The lowest BCUT2D eigenvalue weighted by Gasteiger charge is -2.34. The number of benzene rings is 1. The van der Waals surface area contributed by atoms with Crippen molar-refractivity contribution in [3.05, 3.63) is 29.3 Å². The van der Waals surface area contributed by atoms with Crippen molar-refractivity contribution in [2.45, 2.75) is 25.3 Å². The monoisotopic (exact) mass is 278 g/mol. The number of nitrogens with one attached hydrogen (secondary N) is 1. The average molecular weight is 278 g/mol. The number of rotatable bonds is 3. The summed E-state index contributed by atoms with van der Waals surface area (Å²) in [6.07, 6.45) is 0.500. The normalized spacial score (nSPS) is 17.4. The van der Waals surface area contributed by atoms with Gasteiger partial charge in [-0.15, -0.1) is 0 Å². The van der Waals surface area contributed by atoms with Gasteiger partial charge in [-0.3, -0.25) is 4.79 Å². The van der Waals surface area contributed by atoms with Crippen molar-refractivity contribution in [3.8, 4) is 0 Å². The maximum atomic E-state index is 12.3. The maximum absolute atomic E-state index is 12.3. The molecule has 1 saturated heterocycles. The first-order chi connectivity index (χ1) is 9.44. The van der Waals surface area contributed by atoms with E-state index in [4.69, 9.17) is 10.5 Å². The van der Waals surface area contributed by atoms with E-state index in [-0.39, 0.29) is 12.8 Å². The van der Waals surface area contributed by atoms with Gasteiger partial charge in [-0.25, -0.2) is 4.79 Å². The fourth-order valence-electron chi connectivity index (χ4n) is 2.26. The molecule has 0 unspecified atom stereocenters. The topological polar surface area (TPSA) is 102 Å². The minimum absolute atomic E-state index is 0.250. The first-order valence-corrected chi connectivity index (χ1v) is 6.44. The summed E-state index contributed by atoms with van der Waals surface area (Å²) in [7, 11) is 0. The van der Waals surface area contributed by atoms with Gasteiger partial charge in [0.15, 0.2) is 0 Å². The van der Waals surface area contributed by atoms with Gasteiger partial charge in [0.05, 0.1) is 5.56 Å². The van der Waals surface area contributed by atoms with Crippen LogP contribution in [0.1, 0.15) is 28.8 Å². The van der Waals surface area contributed by atoms with Crippen molar-refractivity contribution >= 4 is 17.6 Å². The third-order valence-corrected chi connectivity index (χ3v) is 3.56. The number of carboxylic acid groups (broad SMARTS) is 1. The molecule has 20 heavy (non-hydrogen) atoms. The lowest BCUT2D eigenvalue weighted by atomic mass is 9.89. The molecule has 0 bridgehead atoms. The van der Waals surface area contributed by atoms with E-state index in [0.29, 0.717) is 24.5 Å². The molecular formula is C14H18N2O4. The van der Waals surface area contributed by atoms with Gasteiger partial charge >= 0.3 is 5.97 Å². The summed E-state index contributed by atoms with van der Waals surface area (Å²) in [6.45, 7) is 2.48. The molecule has 1 aliphatic rings. The lowest BCUT2D eigenvalue weighted by molar-refractivity contribution is -0.148. The number of nitrogen functional groups attached to an aromatic ring is 1. The van der Waals surface area contributed by atoms with Crippen molar-refractivity contribution < 1.29 is 19.4 Å². The van der Waals surface area contributed by atoms with E-state index in [1.54, 1.807) is 18.2 Å². The van der Waals surface area contributed by atoms with E-state index < -0.39 is 17.4 Å². The highest BCUT2D eigenvalue weighted by molar-refractivity contribution is 6.01. The van der Waals surface area contributed by atoms with E-state index in [1.807, 2.05) is 6.92 Å². The van der Waals surface area contributed by atoms with Gasteiger partial charge in [0.25, 0.3) is 5.91 Å². The van der Waals surface area contributed by atoms with Gasteiger partial charge in [-0.2, -0.15) is 0 Å². The first-order valence-electron chi connectivity index (χ1n) is 6.44. The van der Waals surface area contributed by atoms with Crippen molar-refractivity contribution in [2.24, 2.45) is 0 Å². The van der Waals surface area contributed by atoms with Crippen LogP contribution in [0.3, 0.4) is 0 Å². The van der Waals surface area contributed by atoms with Gasteiger partial charge in [0.1, 0.15) is 5.54 Å². The van der Waals surface area contributed by atoms with Crippen LogP contribution in [-0.2, 0) is 9.53 Å². The van der Waals surface area contributed by atoms with E-state index in [1.165, 1.54) is 0 Å². The Kier molecular flexibility index (Phi) is 3.94. The summed E-state index contributed by atoms with van der Waals surface area (Å²) >= 11 is 0. The van der Waals surface area contributed by atoms with Crippen LogP contribution in [0.15, 0.2) is 18.2 Å². The highest BCUT2D eigenvalue weighted by atomic mass is 16.5. The van der Waals surface area contributed by atoms with Gasteiger partial charge in [-0.05, 0) is 19.1 Å². The number of carbonyl (C=O) groups excluding carboxylic acids is 1. The number of anilines is 1. The number of aryl methyl sites for hydroxylation is 1. The Morgan fingerprint density at radius 2 is 2.00 bits per heavy atom. The molecule has 0 atom stereocenters. The molecule has 1 aliphatic heterocycles. The van der Waals surface area contributed by atoms with Gasteiger partial charge in [0, 0.05) is 31.7 Å². The summed E-state index contributed by atoms with van der Waals surface area (Å²) in [6, 6.07) is 5.09. The highest BCUT2D eigenvalue weighted by Gasteiger charge is 2.41. The second kappa shape index (κ2) is 5.50. The number of carboxylic acids is 1. The van der Waals surface area contributed by atoms with Gasteiger partial charge < -0.3 is 20.9 Å². The molecule has 1 aromatic rings. The predicted octanol–water partition coefficient (Wildman–Crippen LogP) is 0.941. The van der Waals surface area contributed by atoms with E-state index in [2.05, 4.69) is 5.32 Å². The molecule has 0 aromatic heterocycles. The van der Waals surface area contributed by atoms with Crippen LogP contribution in [0, 0.1) is 6.92 Å². The van der Waals surface area contributed by atoms with Gasteiger partial charge in [0.2, 0.25) is 0 Å². The molecule has 0 aliphatic carbocycles. The summed E-state index contributed by atoms with van der Waals surface area (Å²) in [5.41, 5.74) is 6.04. The van der Waals surface area contributed by atoms with Crippen molar-refractivity contribution in [1.29, 1.82) is 0 Å². The number of hydrogen-bond donors (Lipinski definition) is 3. The second-order valence-electron chi connectivity index (χ2n) is 5.04. The number of aliphatic carboxylic acids is 1. The van der Waals surface area contributed by atoms with Crippen LogP contribution in [0.25, 0.3) is 0 Å². The van der Waals surface area contributed by atoms with Crippen LogP contribution in [0.5, 0.6) is 0 Å². The summed E-state index contributed by atoms with van der Waals surface area (Å²) < 4.78 is 5.17. The SMILES string of the molecule is Cc1ccc(N)c(C(=O)NC2(C(=O)O)CCOCC2)c1. The molecule has 6 nitrogen and oxygen atoms in total. The molecule has 2 rings (SSSR count). The van der Waals surface area contributed by atoms with Gasteiger partial charge in [-0.1, -0.05) is 11.6 Å². The largest absolute Gasteiger partial charge is 0.480 e. The third-order valence-electron chi connectivity index (χ3n) is 3.56. The fourth-order valence-corrected chi connectivity index (χ4v) is 2.26. The summed E-state index contributed by atoms with van der Waals surface area (Å²) in [5.74, 6) is -1.50. The Hall–Kier alpha value is -2.08. The Morgan fingerprint density at radius 1 is 1.35 bits per heavy atom. The Bertz CT molecular complexity index is 536. The molecule has 6 heteroatoms. The number of amides is 1. The third kappa shape index (κ3) is 2.75. The van der Waals surface area contributed by atoms with Crippen molar-refractivity contribution in [2.75, 3.05) is 18.9 Å². The lowest BCUT2D eigenvalue weighted by Crippen LogP contribution is -2.57. The Balaban J connectivity index is 2.24. The predicted molar refractivity (Wildman–Crippen MR) is 73.5 cm³/mol. The Morgan fingerprint density at radius 3 is 2.60 bits per heavy atom. The summed E-state index contributed by atoms with van der Waals surface area (Å²) in [5, 5.41) is 12.0. The maximum Gasteiger partial charge on any atom is 0.329 e. The molecule has 0 radical (unpaired) electrons. The Labute approximate surface area is 116 Å². The quantitative estimate of drug-likeness (QED) is 0.714. The molecule has 1 heterocycles. The molecule has 1 amide bonds. The van der Waals surface area contributed by atoms with E-state index in [0.717, 1.165) is 5.56 Å². The zero-order valence-corrected chi connectivity index (χ0v) is 11.3. The van der Waals surface area contributed by atoms with Crippen LogP contribution in [0.4, 0.5) is 5.69 Å². The zero-order chi connectivity index (χ0) is 14.8. The van der Waals surface area contributed by atoms with Crippen LogP contribution in [0.2, 0.25) is 0 Å². The van der Waals surface area contributed by atoms with Crippen LogP contribution < -0.4 is 11.1 Å². The molecule has 0 saturated carbocycles. The number of hydrogen-bond acceptors (Lipinski definition) is 4. The molecular weight excluding hydrogens is 260 g/mol. The minimum Gasteiger partial charge on any atom is -0.480 e. The van der Waals surface area contributed by atoms with Crippen molar-refractivity contribution in [1.82, 2.24) is 5.32 Å². The molecule has 1 fully saturated rings.